The third-order valence-electron chi connectivity index (χ3n) is 2.50. The van der Waals surface area contributed by atoms with Crippen molar-refractivity contribution in [3.8, 4) is 22.0 Å². The SMILES string of the molecule is Fc1ccc(-c2csc(-c3cnccn3)n2)cc1F. The minimum absolute atomic E-state index is 0.533. The van der Waals surface area contributed by atoms with E-state index in [-0.39, 0.29) is 0 Å². The molecule has 0 spiro atoms. The van der Waals surface area contributed by atoms with Gasteiger partial charge in [-0.15, -0.1) is 11.3 Å². The zero-order valence-electron chi connectivity index (χ0n) is 9.55. The van der Waals surface area contributed by atoms with Gasteiger partial charge in [-0.25, -0.2) is 13.8 Å². The third-order valence-corrected chi connectivity index (χ3v) is 3.37. The van der Waals surface area contributed by atoms with Crippen LogP contribution in [-0.2, 0) is 0 Å². The number of thiazole rings is 1. The number of benzene rings is 1. The average molecular weight is 275 g/mol. The highest BCUT2D eigenvalue weighted by Crippen LogP contribution is 2.28. The van der Waals surface area contributed by atoms with Crippen LogP contribution in [0.15, 0.2) is 42.2 Å². The van der Waals surface area contributed by atoms with Crippen molar-refractivity contribution in [3.63, 3.8) is 0 Å². The lowest BCUT2D eigenvalue weighted by Gasteiger charge is -1.97. The quantitative estimate of drug-likeness (QED) is 0.718. The van der Waals surface area contributed by atoms with Crippen LogP contribution in [0.2, 0.25) is 0 Å². The maximum absolute atomic E-state index is 13.2. The van der Waals surface area contributed by atoms with Crippen molar-refractivity contribution in [2.75, 3.05) is 0 Å². The number of halogens is 2. The van der Waals surface area contributed by atoms with Gasteiger partial charge in [-0.2, -0.15) is 0 Å². The molecular formula is C13H7F2N3S. The summed E-state index contributed by atoms with van der Waals surface area (Å²) in [5.41, 5.74) is 1.77. The summed E-state index contributed by atoms with van der Waals surface area (Å²) in [6.07, 6.45) is 4.76. The van der Waals surface area contributed by atoms with Crippen molar-refractivity contribution in [2.45, 2.75) is 0 Å². The van der Waals surface area contributed by atoms with Crippen LogP contribution in [-0.4, -0.2) is 15.0 Å². The average Bonchev–Trinajstić information content (AvgIpc) is 2.93. The number of rotatable bonds is 2. The largest absolute Gasteiger partial charge is 0.261 e. The highest BCUT2D eigenvalue weighted by Gasteiger charge is 2.10. The van der Waals surface area contributed by atoms with E-state index in [9.17, 15) is 8.78 Å². The molecule has 0 N–H and O–H groups in total. The topological polar surface area (TPSA) is 38.7 Å². The van der Waals surface area contributed by atoms with Crippen LogP contribution in [0.25, 0.3) is 22.0 Å². The molecule has 0 saturated carbocycles. The summed E-state index contributed by atoms with van der Waals surface area (Å²) >= 11 is 1.38. The van der Waals surface area contributed by atoms with Gasteiger partial charge in [0, 0.05) is 23.3 Å². The van der Waals surface area contributed by atoms with Crippen LogP contribution >= 0.6 is 11.3 Å². The van der Waals surface area contributed by atoms with Gasteiger partial charge in [0.05, 0.1) is 11.9 Å². The van der Waals surface area contributed by atoms with Crippen LogP contribution in [0.4, 0.5) is 8.78 Å². The molecule has 1 aromatic carbocycles. The molecule has 94 valence electrons. The Morgan fingerprint density at radius 2 is 1.89 bits per heavy atom. The molecule has 2 aromatic heterocycles. The van der Waals surface area contributed by atoms with E-state index in [1.54, 1.807) is 24.0 Å². The predicted molar refractivity (Wildman–Crippen MR) is 68.5 cm³/mol. The van der Waals surface area contributed by atoms with Crippen molar-refractivity contribution in [1.29, 1.82) is 0 Å². The van der Waals surface area contributed by atoms with Gasteiger partial charge < -0.3 is 0 Å². The standard InChI is InChI=1S/C13H7F2N3S/c14-9-2-1-8(5-10(9)15)12-7-19-13(18-12)11-6-16-3-4-17-11/h1-7H. The third kappa shape index (κ3) is 2.34. The molecule has 19 heavy (non-hydrogen) atoms. The van der Waals surface area contributed by atoms with Crippen molar-refractivity contribution in [1.82, 2.24) is 15.0 Å². The maximum atomic E-state index is 13.2. The fourth-order valence-electron chi connectivity index (χ4n) is 1.59. The Labute approximate surface area is 111 Å². The molecular weight excluding hydrogens is 268 g/mol. The molecule has 3 rings (SSSR count). The summed E-state index contributed by atoms with van der Waals surface area (Å²) in [6, 6.07) is 3.71. The normalized spacial score (nSPS) is 10.6. The van der Waals surface area contributed by atoms with Crippen molar-refractivity contribution >= 4 is 11.3 Å². The lowest BCUT2D eigenvalue weighted by atomic mass is 10.1. The minimum atomic E-state index is -0.883. The van der Waals surface area contributed by atoms with E-state index in [2.05, 4.69) is 15.0 Å². The van der Waals surface area contributed by atoms with E-state index in [0.717, 1.165) is 12.1 Å². The molecule has 0 atom stereocenters. The van der Waals surface area contributed by atoms with Gasteiger partial charge in [0.1, 0.15) is 10.7 Å². The van der Waals surface area contributed by atoms with Gasteiger partial charge in [0.25, 0.3) is 0 Å². The first-order valence-corrected chi connectivity index (χ1v) is 6.29. The van der Waals surface area contributed by atoms with Gasteiger partial charge in [-0.05, 0) is 18.2 Å². The monoisotopic (exact) mass is 275 g/mol. The Morgan fingerprint density at radius 1 is 1.00 bits per heavy atom. The van der Waals surface area contributed by atoms with Crippen LogP contribution in [0.1, 0.15) is 0 Å². The Morgan fingerprint density at radius 3 is 2.63 bits per heavy atom. The Hall–Kier alpha value is -2.21. The zero-order valence-corrected chi connectivity index (χ0v) is 10.4. The maximum Gasteiger partial charge on any atom is 0.159 e. The molecule has 0 unspecified atom stereocenters. The lowest BCUT2D eigenvalue weighted by molar-refractivity contribution is 0.509. The molecule has 3 aromatic rings. The Bertz CT molecular complexity index is 713. The summed E-state index contributed by atoms with van der Waals surface area (Å²) in [5.74, 6) is -1.75. The van der Waals surface area contributed by atoms with E-state index in [4.69, 9.17) is 0 Å². The van der Waals surface area contributed by atoms with Gasteiger partial charge in [-0.1, -0.05) is 0 Å². The fourth-order valence-corrected chi connectivity index (χ4v) is 2.38. The molecule has 0 amide bonds. The summed E-state index contributed by atoms with van der Waals surface area (Å²) in [7, 11) is 0. The van der Waals surface area contributed by atoms with Gasteiger partial charge in [0.2, 0.25) is 0 Å². The summed E-state index contributed by atoms with van der Waals surface area (Å²) in [4.78, 5) is 12.5. The Balaban J connectivity index is 1.99. The first kappa shape index (κ1) is 11.9. The molecule has 0 bridgehead atoms. The number of aromatic nitrogens is 3. The van der Waals surface area contributed by atoms with Crippen LogP contribution in [0, 0.1) is 11.6 Å². The molecule has 6 heteroatoms. The lowest BCUT2D eigenvalue weighted by Crippen LogP contribution is -1.86. The molecule has 0 aliphatic carbocycles. The highest BCUT2D eigenvalue weighted by atomic mass is 32.1. The van der Waals surface area contributed by atoms with E-state index in [1.165, 1.54) is 17.4 Å². The molecule has 0 saturated heterocycles. The first-order chi connectivity index (χ1) is 9.24. The van der Waals surface area contributed by atoms with Crippen LogP contribution in [0.5, 0.6) is 0 Å². The summed E-state index contributed by atoms with van der Waals surface area (Å²) < 4.78 is 26.0. The second kappa shape index (κ2) is 4.81. The highest BCUT2D eigenvalue weighted by molar-refractivity contribution is 7.13. The first-order valence-electron chi connectivity index (χ1n) is 5.41. The second-order valence-electron chi connectivity index (χ2n) is 3.76. The van der Waals surface area contributed by atoms with Gasteiger partial charge >= 0.3 is 0 Å². The van der Waals surface area contributed by atoms with Crippen LogP contribution in [0.3, 0.4) is 0 Å². The predicted octanol–water partition coefficient (Wildman–Crippen LogP) is 3.55. The molecule has 0 aliphatic rings. The van der Waals surface area contributed by atoms with E-state index >= 15 is 0 Å². The summed E-state index contributed by atoms with van der Waals surface area (Å²) in [6.45, 7) is 0. The second-order valence-corrected chi connectivity index (χ2v) is 4.62. The number of hydrogen-bond acceptors (Lipinski definition) is 4. The zero-order chi connectivity index (χ0) is 13.2. The fraction of sp³-hybridized carbons (Fsp3) is 0. The Kier molecular flexibility index (Phi) is 3.00. The van der Waals surface area contributed by atoms with Crippen LogP contribution < -0.4 is 0 Å². The summed E-state index contributed by atoms with van der Waals surface area (Å²) in [5, 5.41) is 2.46. The number of nitrogens with zero attached hydrogens (tertiary/aromatic N) is 3. The number of hydrogen-bond donors (Lipinski definition) is 0. The van der Waals surface area contributed by atoms with Crippen molar-refractivity contribution in [3.05, 3.63) is 53.8 Å². The molecule has 0 fully saturated rings. The molecule has 2 heterocycles. The van der Waals surface area contributed by atoms with Gasteiger partial charge in [0.15, 0.2) is 11.6 Å². The van der Waals surface area contributed by atoms with E-state index < -0.39 is 11.6 Å². The van der Waals surface area contributed by atoms with Gasteiger partial charge in [-0.3, -0.25) is 9.97 Å². The molecule has 0 aliphatic heterocycles. The van der Waals surface area contributed by atoms with E-state index in [1.807, 2.05) is 0 Å². The minimum Gasteiger partial charge on any atom is -0.261 e. The van der Waals surface area contributed by atoms with E-state index in [0.29, 0.717) is 22.0 Å². The van der Waals surface area contributed by atoms with Crippen molar-refractivity contribution in [2.24, 2.45) is 0 Å². The molecule has 3 nitrogen and oxygen atoms in total. The molecule has 0 radical (unpaired) electrons. The smallest absolute Gasteiger partial charge is 0.159 e. The van der Waals surface area contributed by atoms with Crippen molar-refractivity contribution < 1.29 is 8.78 Å².